The Bertz CT molecular complexity index is 546. The van der Waals surface area contributed by atoms with E-state index < -0.39 is 0 Å². The molecule has 0 amide bonds. The molecule has 3 rings (SSSR count). The third kappa shape index (κ3) is 6.28. The average molecular weight is 367 g/mol. The summed E-state index contributed by atoms with van der Waals surface area (Å²) in [6, 6.07) is 5.24. The Labute approximate surface area is 156 Å². The molecule has 1 saturated carbocycles. The summed E-state index contributed by atoms with van der Waals surface area (Å²) in [5.74, 6) is 1.56. The predicted molar refractivity (Wildman–Crippen MR) is 104 cm³/mol. The Hall–Kier alpha value is -1.10. The summed E-state index contributed by atoms with van der Waals surface area (Å²) in [7, 11) is 6.00. The quantitative estimate of drug-likeness (QED) is 0.803. The van der Waals surface area contributed by atoms with Gasteiger partial charge in [0.25, 0.3) is 0 Å². The Morgan fingerprint density at radius 3 is 2.48 bits per heavy atom. The average Bonchev–Trinajstić information content (AvgIpc) is 2.54. The summed E-state index contributed by atoms with van der Waals surface area (Å²) >= 11 is 5.99. The minimum atomic E-state index is 0.458. The van der Waals surface area contributed by atoms with Gasteiger partial charge in [-0.1, -0.05) is 11.6 Å². The molecule has 0 atom stereocenters. The Kier molecular flexibility index (Phi) is 7.73. The first-order chi connectivity index (χ1) is 11.9. The molecular weight excluding hydrogens is 336 g/mol. The van der Waals surface area contributed by atoms with E-state index in [0.29, 0.717) is 16.0 Å². The lowest BCUT2D eigenvalue weighted by molar-refractivity contribution is 0.0113. The summed E-state index contributed by atoms with van der Waals surface area (Å²) < 4.78 is 5.76. The van der Waals surface area contributed by atoms with Crippen molar-refractivity contribution < 1.29 is 9.53 Å². The van der Waals surface area contributed by atoms with Gasteiger partial charge in [-0.2, -0.15) is 0 Å². The van der Waals surface area contributed by atoms with Gasteiger partial charge < -0.3 is 15.0 Å². The third-order valence-corrected chi connectivity index (χ3v) is 5.33. The van der Waals surface area contributed by atoms with E-state index in [1.807, 2.05) is 32.1 Å². The minimum absolute atomic E-state index is 0.458. The van der Waals surface area contributed by atoms with Crippen LogP contribution in [0.5, 0.6) is 5.75 Å². The van der Waals surface area contributed by atoms with Crippen LogP contribution in [0.4, 0.5) is 0 Å². The van der Waals surface area contributed by atoms with E-state index >= 15 is 0 Å². The summed E-state index contributed by atoms with van der Waals surface area (Å²) in [4.78, 5) is 12.7. The SMILES string of the molecule is CN(C)C.O=Cc1ccc(OCCC2CC3(CCNCC3)C2)cc1Cl. The van der Waals surface area contributed by atoms with Crippen LogP contribution in [0, 0.1) is 11.3 Å². The highest BCUT2D eigenvalue weighted by molar-refractivity contribution is 6.33. The highest BCUT2D eigenvalue weighted by Crippen LogP contribution is 2.52. The molecule has 5 heteroatoms. The smallest absolute Gasteiger partial charge is 0.151 e. The Morgan fingerprint density at radius 1 is 1.28 bits per heavy atom. The number of rotatable bonds is 5. The summed E-state index contributed by atoms with van der Waals surface area (Å²) in [6.45, 7) is 3.10. The van der Waals surface area contributed by atoms with Crippen molar-refractivity contribution in [2.24, 2.45) is 11.3 Å². The number of nitrogens with one attached hydrogen (secondary N) is 1. The maximum Gasteiger partial charge on any atom is 0.151 e. The molecule has 2 aliphatic rings. The molecule has 25 heavy (non-hydrogen) atoms. The molecule has 0 bridgehead atoms. The molecule has 1 spiro atoms. The number of hydrogen-bond donors (Lipinski definition) is 1. The number of hydrogen-bond acceptors (Lipinski definition) is 4. The van der Waals surface area contributed by atoms with Crippen LogP contribution in [-0.4, -0.2) is 52.0 Å². The first-order valence-corrected chi connectivity index (χ1v) is 9.51. The van der Waals surface area contributed by atoms with Crippen LogP contribution in [0.15, 0.2) is 18.2 Å². The van der Waals surface area contributed by atoms with E-state index in [-0.39, 0.29) is 0 Å². The van der Waals surface area contributed by atoms with Gasteiger partial charge in [0.15, 0.2) is 6.29 Å². The molecule has 1 aliphatic heterocycles. The highest BCUT2D eigenvalue weighted by Gasteiger charge is 2.43. The molecule has 1 heterocycles. The standard InChI is InChI=1S/C17H22ClNO2.C3H9N/c18-16-9-15(2-1-14(16)12-20)21-8-3-13-10-17(11-13)4-6-19-7-5-17;1-4(2)3/h1-2,9,12-13,19H,3-8,10-11H2;1-3H3. The van der Waals surface area contributed by atoms with Crippen molar-refractivity contribution in [2.75, 3.05) is 40.8 Å². The van der Waals surface area contributed by atoms with Crippen molar-refractivity contribution in [3.05, 3.63) is 28.8 Å². The van der Waals surface area contributed by atoms with Gasteiger partial charge in [0.2, 0.25) is 0 Å². The molecule has 1 N–H and O–H groups in total. The van der Waals surface area contributed by atoms with E-state index in [0.717, 1.165) is 31.0 Å². The third-order valence-electron chi connectivity index (χ3n) is 5.00. The first kappa shape index (κ1) is 20.2. The lowest BCUT2D eigenvalue weighted by Crippen LogP contribution is -2.45. The van der Waals surface area contributed by atoms with Crippen molar-refractivity contribution in [2.45, 2.75) is 32.1 Å². The maximum atomic E-state index is 10.7. The molecule has 0 unspecified atom stereocenters. The molecule has 140 valence electrons. The lowest BCUT2D eigenvalue weighted by Gasteiger charge is -2.50. The zero-order valence-corrected chi connectivity index (χ0v) is 16.4. The fourth-order valence-electron chi connectivity index (χ4n) is 3.77. The molecule has 1 aliphatic carbocycles. The van der Waals surface area contributed by atoms with Crippen LogP contribution >= 0.6 is 11.6 Å². The van der Waals surface area contributed by atoms with Crippen LogP contribution in [0.3, 0.4) is 0 Å². The van der Waals surface area contributed by atoms with Gasteiger partial charge >= 0.3 is 0 Å². The van der Waals surface area contributed by atoms with Gasteiger partial charge in [-0.05, 0) is 95.9 Å². The molecule has 1 aromatic carbocycles. The molecule has 4 nitrogen and oxygen atoms in total. The number of carbonyl (C=O) groups excluding carboxylic acids is 1. The monoisotopic (exact) mass is 366 g/mol. The van der Waals surface area contributed by atoms with Crippen molar-refractivity contribution >= 4 is 17.9 Å². The van der Waals surface area contributed by atoms with Crippen LogP contribution in [-0.2, 0) is 0 Å². The minimum Gasteiger partial charge on any atom is -0.494 e. The van der Waals surface area contributed by atoms with E-state index in [1.165, 1.54) is 38.8 Å². The van der Waals surface area contributed by atoms with Crippen molar-refractivity contribution in [3.8, 4) is 5.75 Å². The molecule has 0 aromatic heterocycles. The molecule has 1 aromatic rings. The second kappa shape index (κ2) is 9.56. The summed E-state index contributed by atoms with van der Waals surface area (Å²) in [5.41, 5.74) is 1.15. The van der Waals surface area contributed by atoms with Gasteiger partial charge in [0.05, 0.1) is 11.6 Å². The van der Waals surface area contributed by atoms with Gasteiger partial charge in [0, 0.05) is 5.56 Å². The first-order valence-electron chi connectivity index (χ1n) is 9.13. The largest absolute Gasteiger partial charge is 0.494 e. The van der Waals surface area contributed by atoms with Crippen molar-refractivity contribution in [3.63, 3.8) is 0 Å². The Morgan fingerprint density at radius 2 is 1.92 bits per heavy atom. The number of benzene rings is 1. The Balaban J connectivity index is 0.000000511. The highest BCUT2D eigenvalue weighted by atomic mass is 35.5. The second-order valence-corrected chi connectivity index (χ2v) is 8.21. The topological polar surface area (TPSA) is 41.6 Å². The van der Waals surface area contributed by atoms with E-state index in [9.17, 15) is 4.79 Å². The van der Waals surface area contributed by atoms with Crippen molar-refractivity contribution in [1.82, 2.24) is 10.2 Å². The predicted octanol–water partition coefficient (Wildman–Crippen LogP) is 3.88. The molecule has 1 saturated heterocycles. The summed E-state index contributed by atoms with van der Waals surface area (Å²) in [6.07, 6.45) is 7.28. The van der Waals surface area contributed by atoms with E-state index in [2.05, 4.69) is 5.32 Å². The van der Waals surface area contributed by atoms with Crippen LogP contribution in [0.1, 0.15) is 42.5 Å². The van der Waals surface area contributed by atoms with Crippen LogP contribution in [0.2, 0.25) is 5.02 Å². The number of aldehydes is 1. The van der Waals surface area contributed by atoms with E-state index in [1.54, 1.807) is 12.1 Å². The number of carbonyl (C=O) groups is 1. The van der Waals surface area contributed by atoms with Crippen molar-refractivity contribution in [1.29, 1.82) is 0 Å². The molecule has 0 radical (unpaired) electrons. The number of ether oxygens (including phenoxy) is 1. The number of nitrogens with zero attached hydrogens (tertiary/aromatic N) is 1. The zero-order chi connectivity index (χ0) is 18.3. The number of halogens is 1. The molecule has 2 fully saturated rings. The zero-order valence-electron chi connectivity index (χ0n) is 15.7. The summed E-state index contributed by atoms with van der Waals surface area (Å²) in [5, 5.41) is 3.90. The number of piperidine rings is 1. The van der Waals surface area contributed by atoms with Gasteiger partial charge in [0.1, 0.15) is 5.75 Å². The normalized spacial score (nSPS) is 19.1. The second-order valence-electron chi connectivity index (χ2n) is 7.80. The van der Waals surface area contributed by atoms with Crippen LogP contribution < -0.4 is 10.1 Å². The fourth-order valence-corrected chi connectivity index (χ4v) is 3.99. The lowest BCUT2D eigenvalue weighted by atomic mass is 9.57. The molecular formula is C20H31ClN2O2. The maximum absolute atomic E-state index is 10.7. The van der Waals surface area contributed by atoms with Gasteiger partial charge in [-0.3, -0.25) is 4.79 Å². The van der Waals surface area contributed by atoms with Gasteiger partial charge in [-0.25, -0.2) is 0 Å². The van der Waals surface area contributed by atoms with E-state index in [4.69, 9.17) is 16.3 Å². The fraction of sp³-hybridized carbons (Fsp3) is 0.650. The van der Waals surface area contributed by atoms with Crippen LogP contribution in [0.25, 0.3) is 0 Å². The van der Waals surface area contributed by atoms with Gasteiger partial charge in [-0.15, -0.1) is 0 Å².